The predicted molar refractivity (Wildman–Crippen MR) is 94.0 cm³/mol. The Balaban J connectivity index is 1.77. The Morgan fingerprint density at radius 1 is 1.24 bits per heavy atom. The molecular weight excluding hydrogens is 342 g/mol. The van der Waals surface area contributed by atoms with Crippen LogP contribution in [0.3, 0.4) is 0 Å². The largest absolute Gasteiger partial charge is 0.465 e. The number of rotatable bonds is 4. The Morgan fingerprint density at radius 2 is 1.96 bits per heavy atom. The van der Waals surface area contributed by atoms with Crippen molar-refractivity contribution in [2.45, 2.75) is 27.2 Å². The van der Waals surface area contributed by atoms with E-state index in [1.807, 2.05) is 26.0 Å². The fourth-order valence-electron chi connectivity index (χ4n) is 2.42. The second-order valence-corrected chi connectivity index (χ2v) is 6.71. The first kappa shape index (κ1) is 17.1. The lowest BCUT2D eigenvalue weighted by atomic mass is 10.1. The van der Waals surface area contributed by atoms with Gasteiger partial charge in [-0.05, 0) is 44.0 Å². The molecule has 1 N–H and O–H groups in total. The summed E-state index contributed by atoms with van der Waals surface area (Å²) in [4.78, 5) is 28.5. The van der Waals surface area contributed by atoms with Gasteiger partial charge in [0.1, 0.15) is 10.6 Å². The number of hydrogen-bond donors (Lipinski definition) is 1. The fourth-order valence-corrected chi connectivity index (χ4v) is 3.32. The highest BCUT2D eigenvalue weighted by molar-refractivity contribution is 7.17. The van der Waals surface area contributed by atoms with Crippen LogP contribution in [0.1, 0.15) is 32.2 Å². The van der Waals surface area contributed by atoms with E-state index in [1.54, 1.807) is 6.92 Å². The first-order chi connectivity index (χ1) is 11.9. The SMILES string of the molecule is COC(=O)c1sc(NC(=O)Cc2noc3cc(C)c(C)cc23)nc1C. The number of thiazole rings is 1. The Kier molecular flexibility index (Phi) is 4.54. The molecule has 0 unspecified atom stereocenters. The zero-order valence-electron chi connectivity index (χ0n) is 14.3. The number of amides is 1. The van der Waals surface area contributed by atoms with E-state index >= 15 is 0 Å². The lowest BCUT2D eigenvalue weighted by Gasteiger charge is -2.01. The lowest BCUT2D eigenvalue weighted by Crippen LogP contribution is -2.14. The van der Waals surface area contributed by atoms with Gasteiger partial charge in [-0.2, -0.15) is 0 Å². The standard InChI is InChI=1S/C17H17N3O4S/c1-8-5-11-12(20-24-13(11)6-9(8)2)7-14(21)19-17-18-10(3)15(25-17)16(22)23-4/h5-6H,7H2,1-4H3,(H,18,19,21). The average molecular weight is 359 g/mol. The molecule has 3 aromatic rings. The normalized spacial score (nSPS) is 10.9. The van der Waals surface area contributed by atoms with Gasteiger partial charge in [0.15, 0.2) is 10.7 Å². The molecule has 0 saturated carbocycles. The molecule has 3 rings (SSSR count). The van der Waals surface area contributed by atoms with Gasteiger partial charge in [-0.1, -0.05) is 16.5 Å². The molecule has 0 aliphatic carbocycles. The molecule has 7 nitrogen and oxygen atoms in total. The first-order valence-corrected chi connectivity index (χ1v) is 8.41. The smallest absolute Gasteiger partial charge is 0.350 e. The fraction of sp³-hybridized carbons (Fsp3) is 0.294. The topological polar surface area (TPSA) is 94.3 Å². The molecule has 0 saturated heterocycles. The molecule has 25 heavy (non-hydrogen) atoms. The van der Waals surface area contributed by atoms with E-state index in [4.69, 9.17) is 4.52 Å². The molecule has 0 atom stereocenters. The maximum absolute atomic E-state index is 12.3. The van der Waals surface area contributed by atoms with E-state index in [2.05, 4.69) is 20.2 Å². The number of esters is 1. The lowest BCUT2D eigenvalue weighted by molar-refractivity contribution is -0.115. The number of carbonyl (C=O) groups is 2. The number of benzene rings is 1. The van der Waals surface area contributed by atoms with E-state index in [0.717, 1.165) is 27.8 Å². The zero-order chi connectivity index (χ0) is 18.1. The van der Waals surface area contributed by atoms with Crippen molar-refractivity contribution in [1.29, 1.82) is 0 Å². The number of carbonyl (C=O) groups excluding carboxylic acids is 2. The van der Waals surface area contributed by atoms with Crippen molar-refractivity contribution in [1.82, 2.24) is 10.1 Å². The minimum atomic E-state index is -0.469. The highest BCUT2D eigenvalue weighted by atomic mass is 32.1. The van der Waals surface area contributed by atoms with Gasteiger partial charge in [0, 0.05) is 5.39 Å². The van der Waals surface area contributed by atoms with Crippen molar-refractivity contribution in [3.63, 3.8) is 0 Å². The third kappa shape index (κ3) is 3.39. The van der Waals surface area contributed by atoms with Crippen molar-refractivity contribution in [3.8, 4) is 0 Å². The van der Waals surface area contributed by atoms with Crippen LogP contribution in [0, 0.1) is 20.8 Å². The first-order valence-electron chi connectivity index (χ1n) is 7.60. The zero-order valence-corrected chi connectivity index (χ0v) is 15.1. The van der Waals surface area contributed by atoms with Crippen LogP contribution in [0.2, 0.25) is 0 Å². The summed E-state index contributed by atoms with van der Waals surface area (Å²) >= 11 is 1.08. The van der Waals surface area contributed by atoms with Crippen molar-refractivity contribution in [3.05, 3.63) is 39.5 Å². The molecule has 2 heterocycles. The monoisotopic (exact) mass is 359 g/mol. The number of aromatic nitrogens is 2. The number of fused-ring (bicyclic) bond motifs is 1. The van der Waals surface area contributed by atoms with E-state index in [0.29, 0.717) is 27.0 Å². The van der Waals surface area contributed by atoms with Gasteiger partial charge in [0.25, 0.3) is 0 Å². The van der Waals surface area contributed by atoms with Gasteiger partial charge in [0.2, 0.25) is 5.91 Å². The van der Waals surface area contributed by atoms with Crippen LogP contribution in [0.15, 0.2) is 16.7 Å². The molecule has 0 aliphatic heterocycles. The summed E-state index contributed by atoms with van der Waals surface area (Å²) < 4.78 is 9.99. The van der Waals surface area contributed by atoms with Gasteiger partial charge in [-0.25, -0.2) is 9.78 Å². The molecule has 0 radical (unpaired) electrons. The van der Waals surface area contributed by atoms with Gasteiger partial charge >= 0.3 is 5.97 Å². The minimum absolute atomic E-state index is 0.0572. The maximum atomic E-state index is 12.3. The van der Waals surface area contributed by atoms with Gasteiger partial charge in [-0.3, -0.25) is 4.79 Å². The van der Waals surface area contributed by atoms with E-state index in [-0.39, 0.29) is 12.3 Å². The summed E-state index contributed by atoms with van der Waals surface area (Å²) in [6, 6.07) is 3.87. The maximum Gasteiger partial charge on any atom is 0.350 e. The number of anilines is 1. The summed E-state index contributed by atoms with van der Waals surface area (Å²) in [6.07, 6.45) is 0.0572. The Hall–Kier alpha value is -2.74. The van der Waals surface area contributed by atoms with Crippen LogP contribution in [-0.2, 0) is 16.0 Å². The predicted octanol–water partition coefficient (Wildman–Crippen LogP) is 3.18. The second kappa shape index (κ2) is 6.64. The van der Waals surface area contributed by atoms with Gasteiger partial charge < -0.3 is 14.6 Å². The molecule has 1 aromatic carbocycles. The number of aryl methyl sites for hydroxylation is 3. The molecule has 130 valence electrons. The van der Waals surface area contributed by atoms with Crippen LogP contribution >= 0.6 is 11.3 Å². The molecule has 1 amide bonds. The summed E-state index contributed by atoms with van der Waals surface area (Å²) in [7, 11) is 1.30. The van der Waals surface area contributed by atoms with Crippen molar-refractivity contribution >= 4 is 39.3 Å². The van der Waals surface area contributed by atoms with Crippen molar-refractivity contribution in [2.75, 3.05) is 12.4 Å². The van der Waals surface area contributed by atoms with Crippen LogP contribution < -0.4 is 5.32 Å². The third-order valence-corrected chi connectivity index (χ3v) is 4.96. The van der Waals surface area contributed by atoms with Gasteiger partial charge in [0.05, 0.1) is 19.2 Å². The molecule has 0 spiro atoms. The third-order valence-electron chi connectivity index (χ3n) is 3.90. The molecule has 0 fully saturated rings. The Bertz CT molecular complexity index is 974. The van der Waals surface area contributed by atoms with Crippen LogP contribution in [0.4, 0.5) is 5.13 Å². The second-order valence-electron chi connectivity index (χ2n) is 5.71. The van der Waals surface area contributed by atoms with Crippen LogP contribution in [0.25, 0.3) is 11.0 Å². The molecule has 8 heteroatoms. The van der Waals surface area contributed by atoms with Crippen molar-refractivity contribution in [2.24, 2.45) is 0 Å². The number of nitrogens with one attached hydrogen (secondary N) is 1. The molecular formula is C17H17N3O4S. The molecule has 0 aliphatic rings. The average Bonchev–Trinajstić information content (AvgIpc) is 3.11. The minimum Gasteiger partial charge on any atom is -0.465 e. The highest BCUT2D eigenvalue weighted by Crippen LogP contribution is 2.25. The summed E-state index contributed by atoms with van der Waals surface area (Å²) in [6.45, 7) is 5.68. The summed E-state index contributed by atoms with van der Waals surface area (Å²) in [5.41, 5.74) is 3.95. The van der Waals surface area contributed by atoms with Gasteiger partial charge in [-0.15, -0.1) is 0 Å². The summed E-state index contributed by atoms with van der Waals surface area (Å²) in [5.74, 6) is -0.748. The van der Waals surface area contributed by atoms with Crippen LogP contribution in [-0.4, -0.2) is 29.1 Å². The number of hydrogen-bond acceptors (Lipinski definition) is 7. The molecule has 0 bridgehead atoms. The van der Waals surface area contributed by atoms with Crippen LogP contribution in [0.5, 0.6) is 0 Å². The Labute approximate surface area is 148 Å². The van der Waals surface area contributed by atoms with E-state index < -0.39 is 5.97 Å². The van der Waals surface area contributed by atoms with E-state index in [1.165, 1.54) is 7.11 Å². The van der Waals surface area contributed by atoms with E-state index in [9.17, 15) is 9.59 Å². The Morgan fingerprint density at radius 3 is 2.68 bits per heavy atom. The summed E-state index contributed by atoms with van der Waals surface area (Å²) in [5, 5.41) is 7.86. The number of methoxy groups -OCH3 is 1. The highest BCUT2D eigenvalue weighted by Gasteiger charge is 2.18. The number of ether oxygens (including phenoxy) is 1. The van der Waals surface area contributed by atoms with Crippen molar-refractivity contribution < 1.29 is 18.8 Å². The quantitative estimate of drug-likeness (QED) is 0.719. The number of nitrogens with zero attached hydrogens (tertiary/aromatic N) is 2. The molecule has 2 aromatic heterocycles.